The molecule has 0 radical (unpaired) electrons. The van der Waals surface area contributed by atoms with Crippen LogP contribution in [0.2, 0.25) is 0 Å². The molecular formula is C14H17NO2. The number of carbonyl (C=O) groups excluding carboxylic acids is 1. The number of rotatable bonds is 1. The molecule has 0 saturated carbocycles. The largest absolute Gasteiger partial charge is 0.489 e. The van der Waals surface area contributed by atoms with Gasteiger partial charge in [0.05, 0.1) is 0 Å². The molecule has 1 aliphatic heterocycles. The predicted molar refractivity (Wildman–Crippen MR) is 69.1 cm³/mol. The molecule has 1 heterocycles. The van der Waals surface area contributed by atoms with Gasteiger partial charge in [-0.15, -0.1) is 0 Å². The molecule has 1 N–H and O–H groups in total. The number of benzene rings is 1. The minimum absolute atomic E-state index is 0.00352. The Morgan fingerprint density at radius 1 is 1.35 bits per heavy atom. The summed E-state index contributed by atoms with van der Waals surface area (Å²) in [6.45, 7) is 6.25. The topological polar surface area (TPSA) is 38.3 Å². The Morgan fingerprint density at radius 2 is 2.12 bits per heavy atom. The highest BCUT2D eigenvalue weighted by molar-refractivity contribution is 5.94. The second-order valence-electron chi connectivity index (χ2n) is 5.17. The first-order valence-corrected chi connectivity index (χ1v) is 5.72. The summed E-state index contributed by atoms with van der Waals surface area (Å²) < 4.78 is 5.49. The molecule has 0 aromatic heterocycles. The lowest BCUT2D eigenvalue weighted by Gasteiger charge is -2.19. The van der Waals surface area contributed by atoms with Gasteiger partial charge in [0.25, 0.3) is 0 Å². The highest BCUT2D eigenvalue weighted by atomic mass is 16.5. The van der Waals surface area contributed by atoms with E-state index in [1.54, 1.807) is 0 Å². The number of ether oxygens (including phenoxy) is 1. The van der Waals surface area contributed by atoms with Gasteiger partial charge in [0, 0.05) is 22.7 Å². The monoisotopic (exact) mass is 231 g/mol. The molecule has 1 aromatic rings. The predicted octanol–water partition coefficient (Wildman–Crippen LogP) is 3.08. The average molecular weight is 231 g/mol. The van der Waals surface area contributed by atoms with Crippen LogP contribution in [0.5, 0.6) is 5.75 Å². The Labute approximate surface area is 101 Å². The maximum Gasteiger partial charge on any atom is 0.229 e. The molecule has 17 heavy (non-hydrogen) atoms. The minimum atomic E-state index is -0.392. The summed E-state index contributed by atoms with van der Waals surface area (Å²) in [4.78, 5) is 11.8. The van der Waals surface area contributed by atoms with Gasteiger partial charge in [0.15, 0.2) is 0 Å². The van der Waals surface area contributed by atoms with Crippen LogP contribution in [0.3, 0.4) is 0 Å². The number of nitrogens with one attached hydrogen (secondary N) is 1. The van der Waals surface area contributed by atoms with Crippen LogP contribution in [0.15, 0.2) is 24.3 Å². The summed E-state index contributed by atoms with van der Waals surface area (Å²) in [7, 11) is 0. The Balaban J connectivity index is 2.18. The van der Waals surface area contributed by atoms with Crippen LogP contribution in [-0.4, -0.2) is 12.5 Å². The van der Waals surface area contributed by atoms with Crippen LogP contribution in [-0.2, 0) is 4.79 Å². The van der Waals surface area contributed by atoms with Gasteiger partial charge in [0.2, 0.25) is 5.91 Å². The van der Waals surface area contributed by atoms with Crippen LogP contribution in [0.4, 0.5) is 5.69 Å². The Morgan fingerprint density at radius 3 is 2.82 bits per heavy atom. The standard InChI is InChI=1S/C14H17NO2/c1-14(2,3)13(16)15-11-7-6-10-5-4-8-17-12(10)9-11/h4-7,9H,8H2,1-3H3,(H,15,16). The summed E-state index contributed by atoms with van der Waals surface area (Å²) in [5, 5.41) is 2.89. The number of hydrogen-bond donors (Lipinski definition) is 1. The molecule has 90 valence electrons. The summed E-state index contributed by atoms with van der Waals surface area (Å²) in [6.07, 6.45) is 3.99. The van der Waals surface area contributed by atoms with Gasteiger partial charge in [-0.2, -0.15) is 0 Å². The zero-order valence-corrected chi connectivity index (χ0v) is 10.4. The first kappa shape index (κ1) is 11.7. The van der Waals surface area contributed by atoms with E-state index in [4.69, 9.17) is 4.74 Å². The fraction of sp³-hybridized carbons (Fsp3) is 0.357. The number of hydrogen-bond acceptors (Lipinski definition) is 2. The SMILES string of the molecule is CC(C)(C)C(=O)Nc1ccc2c(c1)OCC=C2. The van der Waals surface area contributed by atoms with E-state index in [0.29, 0.717) is 6.61 Å². The first-order chi connectivity index (χ1) is 7.97. The molecule has 3 heteroatoms. The molecule has 0 atom stereocenters. The summed E-state index contributed by atoms with van der Waals surface area (Å²) >= 11 is 0. The zero-order chi connectivity index (χ0) is 12.5. The Bertz CT molecular complexity index is 470. The molecular weight excluding hydrogens is 214 g/mol. The van der Waals surface area contributed by atoms with Crippen molar-refractivity contribution in [3.63, 3.8) is 0 Å². The van der Waals surface area contributed by atoms with Gasteiger partial charge < -0.3 is 10.1 Å². The lowest BCUT2D eigenvalue weighted by molar-refractivity contribution is -0.123. The number of carbonyl (C=O) groups is 1. The first-order valence-electron chi connectivity index (χ1n) is 5.72. The molecule has 3 nitrogen and oxygen atoms in total. The molecule has 0 aliphatic carbocycles. The molecule has 0 spiro atoms. The lowest BCUT2D eigenvalue weighted by Crippen LogP contribution is -2.27. The van der Waals surface area contributed by atoms with E-state index in [1.807, 2.05) is 51.1 Å². The van der Waals surface area contributed by atoms with Crippen LogP contribution < -0.4 is 10.1 Å². The van der Waals surface area contributed by atoms with E-state index in [-0.39, 0.29) is 5.91 Å². The third-order valence-electron chi connectivity index (χ3n) is 2.59. The summed E-state index contributed by atoms with van der Waals surface area (Å²) in [6, 6.07) is 5.70. The van der Waals surface area contributed by atoms with Crippen molar-refractivity contribution in [2.24, 2.45) is 5.41 Å². The van der Waals surface area contributed by atoms with Crippen molar-refractivity contribution in [3.05, 3.63) is 29.8 Å². The van der Waals surface area contributed by atoms with E-state index in [2.05, 4.69) is 5.32 Å². The molecule has 1 amide bonds. The van der Waals surface area contributed by atoms with Gasteiger partial charge >= 0.3 is 0 Å². The second-order valence-corrected chi connectivity index (χ2v) is 5.17. The molecule has 0 bridgehead atoms. The maximum atomic E-state index is 11.8. The van der Waals surface area contributed by atoms with Gasteiger partial charge in [-0.05, 0) is 18.2 Å². The number of amides is 1. The van der Waals surface area contributed by atoms with Gasteiger partial charge in [-0.25, -0.2) is 0 Å². The summed E-state index contributed by atoms with van der Waals surface area (Å²) in [5.74, 6) is 0.822. The molecule has 2 rings (SSSR count). The second kappa shape index (κ2) is 4.24. The zero-order valence-electron chi connectivity index (χ0n) is 10.4. The van der Waals surface area contributed by atoms with E-state index in [0.717, 1.165) is 17.0 Å². The van der Waals surface area contributed by atoms with Crippen molar-refractivity contribution in [2.45, 2.75) is 20.8 Å². The van der Waals surface area contributed by atoms with Crippen LogP contribution in [0.25, 0.3) is 6.08 Å². The molecule has 0 unspecified atom stereocenters. The fourth-order valence-electron chi connectivity index (χ4n) is 1.51. The van der Waals surface area contributed by atoms with E-state index in [1.165, 1.54) is 0 Å². The van der Waals surface area contributed by atoms with Crippen molar-refractivity contribution in [3.8, 4) is 5.75 Å². The van der Waals surface area contributed by atoms with E-state index in [9.17, 15) is 4.79 Å². The maximum absolute atomic E-state index is 11.8. The molecule has 0 fully saturated rings. The third kappa shape index (κ3) is 2.67. The number of fused-ring (bicyclic) bond motifs is 1. The van der Waals surface area contributed by atoms with Crippen molar-refractivity contribution in [1.82, 2.24) is 0 Å². The lowest BCUT2D eigenvalue weighted by atomic mass is 9.95. The van der Waals surface area contributed by atoms with Crippen molar-refractivity contribution < 1.29 is 9.53 Å². The Hall–Kier alpha value is -1.77. The van der Waals surface area contributed by atoms with Crippen molar-refractivity contribution in [1.29, 1.82) is 0 Å². The van der Waals surface area contributed by atoms with Crippen LogP contribution >= 0.6 is 0 Å². The average Bonchev–Trinajstić information content (AvgIpc) is 2.27. The highest BCUT2D eigenvalue weighted by Crippen LogP contribution is 2.28. The molecule has 0 saturated heterocycles. The van der Waals surface area contributed by atoms with Crippen LogP contribution in [0, 0.1) is 5.41 Å². The summed E-state index contributed by atoms with van der Waals surface area (Å²) in [5.41, 5.74) is 1.43. The third-order valence-corrected chi connectivity index (χ3v) is 2.59. The van der Waals surface area contributed by atoms with E-state index < -0.39 is 5.41 Å². The van der Waals surface area contributed by atoms with Crippen molar-refractivity contribution >= 4 is 17.7 Å². The quantitative estimate of drug-likeness (QED) is 0.806. The number of anilines is 1. The normalized spacial score (nSPS) is 13.8. The highest BCUT2D eigenvalue weighted by Gasteiger charge is 2.21. The smallest absolute Gasteiger partial charge is 0.229 e. The fourth-order valence-corrected chi connectivity index (χ4v) is 1.51. The molecule has 1 aromatic carbocycles. The molecule has 1 aliphatic rings. The van der Waals surface area contributed by atoms with Crippen molar-refractivity contribution in [2.75, 3.05) is 11.9 Å². The van der Waals surface area contributed by atoms with Gasteiger partial charge in [0.1, 0.15) is 12.4 Å². The van der Waals surface area contributed by atoms with Crippen LogP contribution in [0.1, 0.15) is 26.3 Å². The van der Waals surface area contributed by atoms with E-state index >= 15 is 0 Å². The Kier molecular flexibility index (Phi) is 2.92. The minimum Gasteiger partial charge on any atom is -0.489 e. The van der Waals surface area contributed by atoms with Gasteiger partial charge in [-0.3, -0.25) is 4.79 Å². The van der Waals surface area contributed by atoms with Gasteiger partial charge in [-0.1, -0.05) is 26.8 Å².